The van der Waals surface area contributed by atoms with Crippen molar-refractivity contribution in [2.24, 2.45) is 0 Å². The predicted octanol–water partition coefficient (Wildman–Crippen LogP) is 2.71. The third-order valence-electron chi connectivity index (χ3n) is 3.72. The minimum absolute atomic E-state index is 0.00883. The molecule has 3 rings (SSSR count). The molecule has 134 valence electrons. The van der Waals surface area contributed by atoms with Gasteiger partial charge in [0.25, 0.3) is 5.91 Å². The first-order valence-electron chi connectivity index (χ1n) is 7.80. The summed E-state index contributed by atoms with van der Waals surface area (Å²) in [5.41, 5.74) is 1.53. The highest BCUT2D eigenvalue weighted by molar-refractivity contribution is 7.89. The van der Waals surface area contributed by atoms with Crippen LogP contribution in [0.2, 0.25) is 0 Å². The first-order chi connectivity index (χ1) is 12.5. The number of anilines is 1. The number of hydrogen-bond acceptors (Lipinski definition) is 5. The average Bonchev–Trinajstić information content (AvgIpc) is 3.15. The Labute approximate surface area is 151 Å². The smallest absolute Gasteiger partial charge is 0.255 e. The summed E-state index contributed by atoms with van der Waals surface area (Å²) in [4.78, 5) is 16.4. The molecule has 0 fully saturated rings. The van der Waals surface area contributed by atoms with Crippen molar-refractivity contribution in [2.75, 3.05) is 5.32 Å². The van der Waals surface area contributed by atoms with Crippen molar-refractivity contribution >= 4 is 21.6 Å². The molecule has 0 spiro atoms. The average molecular weight is 371 g/mol. The number of nitrogens with zero attached hydrogens (tertiary/aromatic N) is 1. The van der Waals surface area contributed by atoms with Gasteiger partial charge in [-0.25, -0.2) is 13.1 Å². The Hall–Kier alpha value is -2.97. The van der Waals surface area contributed by atoms with E-state index in [4.69, 9.17) is 4.42 Å². The Balaban J connectivity index is 1.81. The Bertz CT molecular complexity index is 1000. The van der Waals surface area contributed by atoms with E-state index in [-0.39, 0.29) is 17.0 Å². The SMILES string of the molecule is Cc1ccc(S(=O)(=O)NCc2ccco2)cc1C(=O)Nc1ccncc1. The van der Waals surface area contributed by atoms with Crippen molar-refractivity contribution in [3.63, 3.8) is 0 Å². The van der Waals surface area contributed by atoms with Crippen LogP contribution in [0.5, 0.6) is 0 Å². The molecule has 0 atom stereocenters. The fourth-order valence-corrected chi connectivity index (χ4v) is 3.33. The van der Waals surface area contributed by atoms with Crippen molar-refractivity contribution in [1.82, 2.24) is 9.71 Å². The van der Waals surface area contributed by atoms with Crippen molar-refractivity contribution < 1.29 is 17.6 Å². The van der Waals surface area contributed by atoms with Crippen molar-refractivity contribution in [1.29, 1.82) is 0 Å². The minimum Gasteiger partial charge on any atom is -0.468 e. The Morgan fingerprint density at radius 2 is 1.92 bits per heavy atom. The number of furan rings is 1. The summed E-state index contributed by atoms with van der Waals surface area (Å²) in [6.45, 7) is 1.77. The molecule has 2 aromatic heterocycles. The van der Waals surface area contributed by atoms with Gasteiger partial charge in [-0.15, -0.1) is 0 Å². The lowest BCUT2D eigenvalue weighted by molar-refractivity contribution is 0.102. The molecule has 0 aliphatic carbocycles. The second-order valence-corrected chi connectivity index (χ2v) is 7.34. The Kier molecular flexibility index (Phi) is 5.15. The van der Waals surface area contributed by atoms with E-state index in [0.29, 0.717) is 17.0 Å². The number of aromatic nitrogens is 1. The van der Waals surface area contributed by atoms with E-state index in [1.807, 2.05) is 0 Å². The summed E-state index contributed by atoms with van der Waals surface area (Å²) in [6, 6.07) is 11.1. The number of hydrogen-bond donors (Lipinski definition) is 2. The number of amides is 1. The van der Waals surface area contributed by atoms with Crippen molar-refractivity contribution in [3.05, 3.63) is 78.0 Å². The van der Waals surface area contributed by atoms with Gasteiger partial charge in [0.2, 0.25) is 10.0 Å². The van der Waals surface area contributed by atoms with Crippen LogP contribution >= 0.6 is 0 Å². The Morgan fingerprint density at radius 1 is 1.15 bits per heavy atom. The van der Waals surface area contributed by atoms with Gasteiger partial charge < -0.3 is 9.73 Å². The van der Waals surface area contributed by atoms with Gasteiger partial charge in [0.1, 0.15) is 5.76 Å². The van der Waals surface area contributed by atoms with Gasteiger partial charge >= 0.3 is 0 Å². The molecule has 1 amide bonds. The monoisotopic (exact) mass is 371 g/mol. The van der Waals surface area contributed by atoms with Crippen LogP contribution in [0, 0.1) is 6.92 Å². The molecule has 2 N–H and O–H groups in total. The van der Waals surface area contributed by atoms with Crippen LogP contribution in [-0.2, 0) is 16.6 Å². The first kappa shape index (κ1) is 17.8. The summed E-state index contributed by atoms with van der Waals surface area (Å²) in [6.07, 6.45) is 4.58. The zero-order chi connectivity index (χ0) is 18.6. The van der Waals surface area contributed by atoms with Crippen LogP contribution in [0.4, 0.5) is 5.69 Å². The number of rotatable bonds is 6. The second kappa shape index (κ2) is 7.51. The summed E-state index contributed by atoms with van der Waals surface area (Å²) in [7, 11) is -3.78. The zero-order valence-corrected chi connectivity index (χ0v) is 14.8. The molecular weight excluding hydrogens is 354 g/mol. The molecule has 8 heteroatoms. The molecule has 26 heavy (non-hydrogen) atoms. The highest BCUT2D eigenvalue weighted by Crippen LogP contribution is 2.18. The predicted molar refractivity (Wildman–Crippen MR) is 96.1 cm³/mol. The fraction of sp³-hybridized carbons (Fsp3) is 0.111. The van der Waals surface area contributed by atoms with Crippen LogP contribution in [0.3, 0.4) is 0 Å². The number of pyridine rings is 1. The summed E-state index contributed by atoms with van der Waals surface area (Å²) >= 11 is 0. The van der Waals surface area contributed by atoms with E-state index in [9.17, 15) is 13.2 Å². The molecule has 3 aromatic rings. The number of sulfonamides is 1. The maximum Gasteiger partial charge on any atom is 0.255 e. The zero-order valence-electron chi connectivity index (χ0n) is 14.0. The number of benzene rings is 1. The number of aryl methyl sites for hydroxylation is 1. The van der Waals surface area contributed by atoms with Crippen LogP contribution in [0.15, 0.2) is 70.4 Å². The number of nitrogens with one attached hydrogen (secondary N) is 2. The lowest BCUT2D eigenvalue weighted by Crippen LogP contribution is -2.24. The molecule has 2 heterocycles. The largest absolute Gasteiger partial charge is 0.468 e. The molecule has 0 aliphatic heterocycles. The van der Waals surface area contributed by atoms with Gasteiger partial charge in [-0.05, 0) is 48.9 Å². The van der Waals surface area contributed by atoms with E-state index in [1.165, 1.54) is 18.4 Å². The summed E-state index contributed by atoms with van der Waals surface area (Å²) < 4.78 is 32.5. The van der Waals surface area contributed by atoms with Crippen molar-refractivity contribution in [3.8, 4) is 0 Å². The van der Waals surface area contributed by atoms with Gasteiger partial charge in [-0.2, -0.15) is 0 Å². The van der Waals surface area contributed by atoms with E-state index >= 15 is 0 Å². The molecule has 0 saturated heterocycles. The molecular formula is C18H17N3O4S. The van der Waals surface area contributed by atoms with Gasteiger partial charge in [-0.1, -0.05) is 6.07 Å². The van der Waals surface area contributed by atoms with Crippen LogP contribution in [0.1, 0.15) is 21.7 Å². The molecule has 0 aliphatic rings. The second-order valence-electron chi connectivity index (χ2n) is 5.57. The fourth-order valence-electron chi connectivity index (χ4n) is 2.31. The third kappa shape index (κ3) is 4.16. The summed E-state index contributed by atoms with van der Waals surface area (Å²) in [5.74, 6) is 0.105. The maximum absolute atomic E-state index is 12.5. The maximum atomic E-state index is 12.5. The lowest BCUT2D eigenvalue weighted by Gasteiger charge is -2.11. The van der Waals surface area contributed by atoms with E-state index in [1.54, 1.807) is 49.6 Å². The quantitative estimate of drug-likeness (QED) is 0.694. The molecule has 0 unspecified atom stereocenters. The molecule has 0 radical (unpaired) electrons. The van der Waals surface area contributed by atoms with Crippen LogP contribution < -0.4 is 10.0 Å². The number of carbonyl (C=O) groups excluding carboxylic acids is 1. The van der Waals surface area contributed by atoms with E-state index in [0.717, 1.165) is 0 Å². The highest BCUT2D eigenvalue weighted by Gasteiger charge is 2.18. The van der Waals surface area contributed by atoms with Gasteiger partial charge in [-0.3, -0.25) is 9.78 Å². The Morgan fingerprint density at radius 3 is 2.62 bits per heavy atom. The standard InChI is InChI=1S/C18H17N3O4S/c1-13-4-5-16(26(23,24)20-12-15-3-2-10-25-15)11-17(13)18(22)21-14-6-8-19-9-7-14/h2-11,20H,12H2,1H3,(H,19,21,22). The van der Waals surface area contributed by atoms with Crippen LogP contribution in [-0.4, -0.2) is 19.3 Å². The lowest BCUT2D eigenvalue weighted by atomic mass is 10.1. The van der Waals surface area contributed by atoms with E-state index < -0.39 is 15.9 Å². The van der Waals surface area contributed by atoms with Gasteiger partial charge in [0.15, 0.2) is 0 Å². The number of carbonyl (C=O) groups is 1. The first-order valence-corrected chi connectivity index (χ1v) is 9.28. The molecule has 7 nitrogen and oxygen atoms in total. The highest BCUT2D eigenvalue weighted by atomic mass is 32.2. The van der Waals surface area contributed by atoms with Crippen LogP contribution in [0.25, 0.3) is 0 Å². The topological polar surface area (TPSA) is 101 Å². The molecule has 0 bridgehead atoms. The van der Waals surface area contributed by atoms with E-state index in [2.05, 4.69) is 15.0 Å². The normalized spacial score (nSPS) is 11.3. The van der Waals surface area contributed by atoms with Crippen molar-refractivity contribution in [2.45, 2.75) is 18.4 Å². The summed E-state index contributed by atoms with van der Waals surface area (Å²) in [5, 5.41) is 2.72. The third-order valence-corrected chi connectivity index (χ3v) is 5.12. The molecule has 0 saturated carbocycles. The molecule has 1 aromatic carbocycles. The van der Waals surface area contributed by atoms with Gasteiger partial charge in [0, 0.05) is 23.6 Å². The minimum atomic E-state index is -3.78. The van der Waals surface area contributed by atoms with Gasteiger partial charge in [0.05, 0.1) is 17.7 Å².